The number of anilines is 1. The van der Waals surface area contributed by atoms with E-state index in [0.29, 0.717) is 12.9 Å². The fourth-order valence-electron chi connectivity index (χ4n) is 2.35. The summed E-state index contributed by atoms with van der Waals surface area (Å²) in [5.74, 6) is -0.783. The SMILES string of the molecule is BCCN(CCO)c1c(C(=O)NCCO)cc([N+](=O)[O-])cc1[N+](=O)[O-]. The molecular formula is C13H19BN4O7. The Morgan fingerprint density at radius 2 is 1.84 bits per heavy atom. The number of benzene rings is 1. The Labute approximate surface area is 144 Å². The summed E-state index contributed by atoms with van der Waals surface area (Å²) in [7, 11) is 1.81. The zero-order valence-corrected chi connectivity index (χ0v) is 13.7. The van der Waals surface area contributed by atoms with Gasteiger partial charge in [0.1, 0.15) is 13.5 Å². The Morgan fingerprint density at radius 3 is 2.32 bits per heavy atom. The number of carbonyl (C=O) groups excluding carboxylic acids is 1. The molecule has 0 unspecified atom stereocenters. The highest BCUT2D eigenvalue weighted by Gasteiger charge is 2.30. The van der Waals surface area contributed by atoms with Crippen LogP contribution in [0.3, 0.4) is 0 Å². The van der Waals surface area contributed by atoms with Crippen molar-refractivity contribution in [2.75, 3.05) is 37.7 Å². The molecule has 0 radical (unpaired) electrons. The number of aliphatic hydroxyl groups is 2. The normalized spacial score (nSPS) is 10.3. The van der Waals surface area contributed by atoms with E-state index in [1.54, 1.807) is 0 Å². The fourth-order valence-corrected chi connectivity index (χ4v) is 2.35. The summed E-state index contributed by atoms with van der Waals surface area (Å²) in [5.41, 5.74) is -1.53. The van der Waals surface area contributed by atoms with Crippen LogP contribution in [0.4, 0.5) is 17.1 Å². The van der Waals surface area contributed by atoms with Gasteiger partial charge in [0, 0.05) is 25.7 Å². The van der Waals surface area contributed by atoms with Crippen LogP contribution in [-0.4, -0.2) is 66.7 Å². The number of amides is 1. The molecule has 11 nitrogen and oxygen atoms in total. The Morgan fingerprint density at radius 1 is 1.16 bits per heavy atom. The maximum Gasteiger partial charge on any atom is 0.300 e. The molecule has 0 atom stereocenters. The molecule has 0 aliphatic carbocycles. The number of aliphatic hydroxyl groups excluding tert-OH is 2. The third kappa shape index (κ3) is 5.12. The molecule has 0 saturated carbocycles. The zero-order chi connectivity index (χ0) is 19.0. The molecule has 0 aliphatic heterocycles. The average Bonchev–Trinajstić information content (AvgIpc) is 2.58. The van der Waals surface area contributed by atoms with E-state index in [9.17, 15) is 30.1 Å². The summed E-state index contributed by atoms with van der Waals surface area (Å²) in [6.07, 6.45) is 0.575. The lowest BCUT2D eigenvalue weighted by Crippen LogP contribution is -2.33. The van der Waals surface area contributed by atoms with Crippen LogP contribution in [0.1, 0.15) is 10.4 Å². The second kappa shape index (κ2) is 9.54. The highest BCUT2D eigenvalue weighted by molar-refractivity contribution is 6.09. The van der Waals surface area contributed by atoms with Gasteiger partial charge in [0.15, 0.2) is 0 Å². The Balaban J connectivity index is 3.63. The number of rotatable bonds is 10. The number of nitrogens with one attached hydrogen (secondary N) is 1. The number of carbonyl (C=O) groups is 1. The van der Waals surface area contributed by atoms with Gasteiger partial charge in [-0.05, 0) is 0 Å². The van der Waals surface area contributed by atoms with Crippen LogP contribution in [0.5, 0.6) is 0 Å². The van der Waals surface area contributed by atoms with Crippen molar-refractivity contribution in [1.82, 2.24) is 5.32 Å². The maximum absolute atomic E-state index is 12.3. The molecule has 0 saturated heterocycles. The lowest BCUT2D eigenvalue weighted by Gasteiger charge is -2.25. The van der Waals surface area contributed by atoms with Gasteiger partial charge in [0.25, 0.3) is 17.3 Å². The van der Waals surface area contributed by atoms with Crippen LogP contribution < -0.4 is 10.2 Å². The number of nitro benzene ring substituents is 2. The third-order valence-corrected chi connectivity index (χ3v) is 3.30. The number of non-ortho nitro benzene ring substituents is 1. The summed E-state index contributed by atoms with van der Waals surface area (Å²) in [4.78, 5) is 34.6. The Kier molecular flexibility index (Phi) is 7.76. The van der Waals surface area contributed by atoms with E-state index in [1.165, 1.54) is 4.90 Å². The van der Waals surface area contributed by atoms with Gasteiger partial charge in [0.05, 0.1) is 34.7 Å². The van der Waals surface area contributed by atoms with Gasteiger partial charge in [0.2, 0.25) is 0 Å². The van der Waals surface area contributed by atoms with Gasteiger partial charge in [-0.25, -0.2) is 0 Å². The van der Waals surface area contributed by atoms with Crippen molar-refractivity contribution < 1.29 is 24.9 Å². The van der Waals surface area contributed by atoms with Gasteiger partial charge in [-0.15, -0.1) is 0 Å². The van der Waals surface area contributed by atoms with Crippen LogP contribution >= 0.6 is 0 Å². The van der Waals surface area contributed by atoms with Gasteiger partial charge >= 0.3 is 0 Å². The number of hydrogen-bond acceptors (Lipinski definition) is 8. The van der Waals surface area contributed by atoms with Crippen molar-refractivity contribution in [2.45, 2.75) is 6.32 Å². The predicted octanol–water partition coefficient (Wildman–Crippen LogP) is -0.925. The average molecular weight is 354 g/mol. The minimum Gasteiger partial charge on any atom is -0.395 e. The molecule has 0 heterocycles. The summed E-state index contributed by atoms with van der Waals surface area (Å²) in [6.45, 7) is -0.450. The number of nitrogens with zero attached hydrogens (tertiary/aromatic N) is 3. The first-order valence-electron chi connectivity index (χ1n) is 7.59. The van der Waals surface area contributed by atoms with Crippen LogP contribution in [-0.2, 0) is 0 Å². The molecule has 0 aromatic heterocycles. The van der Waals surface area contributed by atoms with Crippen molar-refractivity contribution in [3.05, 3.63) is 37.9 Å². The van der Waals surface area contributed by atoms with E-state index >= 15 is 0 Å². The summed E-state index contributed by atoms with van der Waals surface area (Å²) in [6, 6.07) is 1.74. The summed E-state index contributed by atoms with van der Waals surface area (Å²) in [5, 5.41) is 42.8. The molecule has 1 aromatic rings. The van der Waals surface area contributed by atoms with Crippen LogP contribution in [0, 0.1) is 20.2 Å². The Hall–Kier alpha value is -2.73. The molecule has 12 heteroatoms. The molecular weight excluding hydrogens is 335 g/mol. The summed E-state index contributed by atoms with van der Waals surface area (Å²) >= 11 is 0. The molecule has 1 aromatic carbocycles. The van der Waals surface area contributed by atoms with Gasteiger partial charge < -0.3 is 20.4 Å². The monoisotopic (exact) mass is 354 g/mol. The Bertz CT molecular complexity index is 650. The van der Waals surface area contributed by atoms with E-state index in [2.05, 4.69) is 5.32 Å². The van der Waals surface area contributed by atoms with Gasteiger partial charge in [-0.1, -0.05) is 6.32 Å². The zero-order valence-electron chi connectivity index (χ0n) is 13.7. The van der Waals surface area contributed by atoms with E-state index in [-0.39, 0.29) is 37.6 Å². The van der Waals surface area contributed by atoms with Crippen molar-refractivity contribution >= 4 is 30.8 Å². The molecule has 0 bridgehead atoms. The molecule has 25 heavy (non-hydrogen) atoms. The van der Waals surface area contributed by atoms with Gasteiger partial charge in [-0.2, -0.15) is 0 Å². The van der Waals surface area contributed by atoms with Crippen molar-refractivity contribution in [3.63, 3.8) is 0 Å². The fraction of sp³-hybridized carbons (Fsp3) is 0.462. The first-order valence-corrected chi connectivity index (χ1v) is 7.59. The second-order valence-electron chi connectivity index (χ2n) is 5.07. The minimum atomic E-state index is -0.824. The predicted molar refractivity (Wildman–Crippen MR) is 91.8 cm³/mol. The van der Waals surface area contributed by atoms with E-state index in [4.69, 9.17) is 5.11 Å². The van der Waals surface area contributed by atoms with Gasteiger partial charge in [-0.3, -0.25) is 25.0 Å². The number of nitro groups is 2. The molecule has 1 amide bonds. The minimum absolute atomic E-state index is 0.0206. The number of hydrogen-bond donors (Lipinski definition) is 3. The first kappa shape index (κ1) is 20.3. The largest absolute Gasteiger partial charge is 0.395 e. The lowest BCUT2D eigenvalue weighted by atomic mass is 10.0. The molecule has 1 rings (SSSR count). The van der Waals surface area contributed by atoms with Crippen molar-refractivity contribution in [2.24, 2.45) is 0 Å². The van der Waals surface area contributed by atoms with Crippen LogP contribution in [0.25, 0.3) is 0 Å². The standard InChI is InChI=1S/C13H19BN4O7/c14-1-3-16(4-6-20)12-10(13(21)15-2-5-19)7-9(17(22)23)8-11(12)18(24)25/h7-8,19-20H,1-6,14H2,(H,15,21). The quantitative estimate of drug-likeness (QED) is 0.276. The highest BCUT2D eigenvalue weighted by atomic mass is 16.6. The molecule has 0 spiro atoms. The van der Waals surface area contributed by atoms with Crippen molar-refractivity contribution in [1.29, 1.82) is 0 Å². The van der Waals surface area contributed by atoms with Crippen LogP contribution in [0.15, 0.2) is 12.1 Å². The lowest BCUT2D eigenvalue weighted by molar-refractivity contribution is -0.393. The van der Waals surface area contributed by atoms with E-state index in [0.717, 1.165) is 12.1 Å². The first-order chi connectivity index (χ1) is 11.9. The molecule has 136 valence electrons. The van der Waals surface area contributed by atoms with Crippen LogP contribution in [0.2, 0.25) is 6.32 Å². The van der Waals surface area contributed by atoms with E-state index in [1.807, 2.05) is 7.85 Å². The maximum atomic E-state index is 12.3. The smallest absolute Gasteiger partial charge is 0.300 e. The van der Waals surface area contributed by atoms with Crippen molar-refractivity contribution in [3.8, 4) is 0 Å². The summed E-state index contributed by atoms with van der Waals surface area (Å²) < 4.78 is 0. The molecule has 0 fully saturated rings. The third-order valence-electron chi connectivity index (χ3n) is 3.30. The topological polar surface area (TPSA) is 159 Å². The molecule has 3 N–H and O–H groups in total. The molecule has 0 aliphatic rings. The van der Waals surface area contributed by atoms with E-state index < -0.39 is 27.1 Å². The highest BCUT2D eigenvalue weighted by Crippen LogP contribution is 2.36. The second-order valence-corrected chi connectivity index (χ2v) is 5.07.